The highest BCUT2D eigenvalue weighted by atomic mass is 16.5. The number of benzene rings is 3. The van der Waals surface area contributed by atoms with Crippen LogP contribution in [0, 0.1) is 6.92 Å². The van der Waals surface area contributed by atoms with Gasteiger partial charge in [-0.1, -0.05) is 6.07 Å². The monoisotopic (exact) mass is 535 g/mol. The first-order valence-corrected chi connectivity index (χ1v) is 13.7. The van der Waals surface area contributed by atoms with Gasteiger partial charge in [0.2, 0.25) is 0 Å². The zero-order chi connectivity index (χ0) is 27.6. The molecule has 0 radical (unpaired) electrons. The molecule has 1 fully saturated rings. The molecule has 6 rings (SSSR count). The van der Waals surface area contributed by atoms with Gasteiger partial charge in [0.05, 0.1) is 0 Å². The molecular formula is C32H33N5O3. The van der Waals surface area contributed by atoms with Crippen molar-refractivity contribution in [2.75, 3.05) is 18.4 Å². The van der Waals surface area contributed by atoms with Crippen molar-refractivity contribution < 1.29 is 14.3 Å². The van der Waals surface area contributed by atoms with Gasteiger partial charge in [-0.25, -0.2) is 0 Å². The molecule has 40 heavy (non-hydrogen) atoms. The smallest absolute Gasteiger partial charge is 0.255 e. The zero-order valence-corrected chi connectivity index (χ0v) is 22.5. The summed E-state index contributed by atoms with van der Waals surface area (Å²) in [5.41, 5.74) is 12.3. The number of nitrogens with two attached hydrogens (primary N) is 1. The molecule has 204 valence electrons. The number of nitrogens with one attached hydrogen (secondary N) is 2. The average molecular weight is 536 g/mol. The molecule has 0 unspecified atom stereocenters. The van der Waals surface area contributed by atoms with Crippen molar-refractivity contribution in [1.82, 2.24) is 14.8 Å². The number of likely N-dealkylation sites (tertiary alicyclic amines) is 1. The first kappa shape index (κ1) is 25.9. The van der Waals surface area contributed by atoms with Gasteiger partial charge in [0.1, 0.15) is 11.5 Å². The summed E-state index contributed by atoms with van der Waals surface area (Å²) < 4.78 is 8.11. The normalized spacial score (nSPS) is 16.9. The van der Waals surface area contributed by atoms with Gasteiger partial charge < -0.3 is 25.7 Å². The summed E-state index contributed by atoms with van der Waals surface area (Å²) >= 11 is 0. The number of rotatable bonds is 7. The zero-order valence-electron chi connectivity index (χ0n) is 22.5. The van der Waals surface area contributed by atoms with Gasteiger partial charge in [-0.3, -0.25) is 14.5 Å². The van der Waals surface area contributed by atoms with E-state index in [1.54, 1.807) is 30.3 Å². The van der Waals surface area contributed by atoms with Crippen LogP contribution in [-0.4, -0.2) is 40.4 Å². The molecule has 8 nitrogen and oxygen atoms in total. The first-order chi connectivity index (χ1) is 19.4. The SMILES string of the molecule is Cc1ccn(-c2cc(CN3CCC[C@H](N)C3)cc(NC(=O)c3cccc(Oc4ccc5c(c4)CNC5=O)c3)c2)c1. The molecule has 0 aliphatic carbocycles. The van der Waals surface area contributed by atoms with Crippen molar-refractivity contribution in [2.24, 2.45) is 5.73 Å². The number of ether oxygens (including phenoxy) is 1. The Morgan fingerprint density at radius 1 is 1.10 bits per heavy atom. The van der Waals surface area contributed by atoms with E-state index in [-0.39, 0.29) is 17.9 Å². The van der Waals surface area contributed by atoms with E-state index in [0.29, 0.717) is 29.2 Å². The lowest BCUT2D eigenvalue weighted by Crippen LogP contribution is -2.42. The van der Waals surface area contributed by atoms with Crippen LogP contribution in [0.1, 0.15) is 50.2 Å². The van der Waals surface area contributed by atoms with Crippen molar-refractivity contribution >= 4 is 17.5 Å². The van der Waals surface area contributed by atoms with Crippen LogP contribution in [0.4, 0.5) is 5.69 Å². The number of amides is 2. The van der Waals surface area contributed by atoms with Gasteiger partial charge in [-0.15, -0.1) is 0 Å². The summed E-state index contributed by atoms with van der Waals surface area (Å²) in [6.07, 6.45) is 6.27. The molecule has 1 saturated heterocycles. The van der Waals surface area contributed by atoms with Gasteiger partial charge in [-0.05, 0) is 104 Å². The Kier molecular flexibility index (Phi) is 7.11. The number of aromatic nitrogens is 1. The van der Waals surface area contributed by atoms with Crippen LogP contribution < -0.4 is 21.1 Å². The number of hydrogen-bond acceptors (Lipinski definition) is 5. The van der Waals surface area contributed by atoms with E-state index in [9.17, 15) is 9.59 Å². The van der Waals surface area contributed by atoms with Gasteiger partial charge in [0.25, 0.3) is 11.8 Å². The Hall–Kier alpha value is -4.40. The number of carbonyl (C=O) groups is 2. The van der Waals surface area contributed by atoms with Crippen molar-refractivity contribution in [3.63, 3.8) is 0 Å². The summed E-state index contributed by atoms with van der Waals surface area (Å²) in [4.78, 5) is 27.6. The summed E-state index contributed by atoms with van der Waals surface area (Å²) in [5.74, 6) is 0.869. The highest BCUT2D eigenvalue weighted by Crippen LogP contribution is 2.28. The van der Waals surface area contributed by atoms with E-state index in [2.05, 4.69) is 45.4 Å². The fourth-order valence-electron chi connectivity index (χ4n) is 5.46. The van der Waals surface area contributed by atoms with E-state index in [1.807, 2.05) is 30.5 Å². The Morgan fingerprint density at radius 2 is 1.98 bits per heavy atom. The molecule has 3 aromatic carbocycles. The standard InChI is InChI=1S/C32H33N5O3/c1-21-9-11-37(18-21)27-13-22(19-36-10-3-5-25(33)20-36)12-26(16-27)35-31(38)23-4-2-6-28(14-23)40-29-7-8-30-24(15-29)17-34-32(30)39/h2,4,6-9,11-16,18,25H,3,5,10,17,19-20,33H2,1H3,(H,34,39)(H,35,38)/t25-/m0/s1. The minimum absolute atomic E-state index is 0.0705. The highest BCUT2D eigenvalue weighted by Gasteiger charge is 2.20. The van der Waals surface area contributed by atoms with E-state index < -0.39 is 0 Å². The minimum Gasteiger partial charge on any atom is -0.457 e. The molecule has 0 spiro atoms. The Labute approximate surface area is 233 Å². The maximum Gasteiger partial charge on any atom is 0.255 e. The van der Waals surface area contributed by atoms with Crippen LogP contribution in [0.5, 0.6) is 11.5 Å². The summed E-state index contributed by atoms with van der Waals surface area (Å²) in [6.45, 7) is 5.22. The number of hydrogen-bond donors (Lipinski definition) is 3. The van der Waals surface area contributed by atoms with Crippen LogP contribution in [0.15, 0.2) is 79.1 Å². The summed E-state index contributed by atoms with van der Waals surface area (Å²) in [7, 11) is 0. The molecule has 0 saturated carbocycles. The van der Waals surface area contributed by atoms with Gasteiger partial charge >= 0.3 is 0 Å². The quantitative estimate of drug-likeness (QED) is 0.309. The van der Waals surface area contributed by atoms with Gasteiger partial charge in [0, 0.05) is 60.6 Å². The van der Waals surface area contributed by atoms with Crippen molar-refractivity contribution in [1.29, 1.82) is 0 Å². The topological polar surface area (TPSA) is 102 Å². The Balaban J connectivity index is 1.21. The lowest BCUT2D eigenvalue weighted by Gasteiger charge is -2.30. The fourth-order valence-corrected chi connectivity index (χ4v) is 5.46. The molecule has 1 aromatic heterocycles. The van der Waals surface area contributed by atoms with Crippen molar-refractivity contribution in [3.8, 4) is 17.2 Å². The molecule has 1 atom stereocenters. The maximum atomic E-state index is 13.4. The Bertz CT molecular complexity index is 1580. The van der Waals surface area contributed by atoms with Gasteiger partial charge in [0.15, 0.2) is 0 Å². The van der Waals surface area contributed by atoms with Crippen molar-refractivity contribution in [3.05, 3.63) is 107 Å². The lowest BCUT2D eigenvalue weighted by atomic mass is 10.1. The number of fused-ring (bicyclic) bond motifs is 1. The highest BCUT2D eigenvalue weighted by molar-refractivity contribution is 6.04. The number of nitrogens with zero attached hydrogens (tertiary/aromatic N) is 2. The van der Waals surface area contributed by atoms with Crippen LogP contribution in [0.3, 0.4) is 0 Å². The number of anilines is 1. The van der Waals surface area contributed by atoms with E-state index in [0.717, 1.165) is 55.0 Å². The number of piperidine rings is 1. The average Bonchev–Trinajstić information content (AvgIpc) is 3.54. The van der Waals surface area contributed by atoms with Crippen molar-refractivity contribution in [2.45, 2.75) is 38.9 Å². The lowest BCUT2D eigenvalue weighted by molar-refractivity contribution is 0.0964. The third kappa shape index (κ3) is 5.78. The predicted octanol–water partition coefficient (Wildman–Crippen LogP) is 5.00. The van der Waals surface area contributed by atoms with Crippen LogP contribution in [-0.2, 0) is 13.1 Å². The molecular weight excluding hydrogens is 502 g/mol. The molecule has 3 heterocycles. The summed E-state index contributed by atoms with van der Waals surface area (Å²) in [6, 6.07) is 20.9. The van der Waals surface area contributed by atoms with E-state index in [1.165, 1.54) is 5.56 Å². The third-order valence-corrected chi connectivity index (χ3v) is 7.42. The van der Waals surface area contributed by atoms with Crippen LogP contribution in [0.2, 0.25) is 0 Å². The minimum atomic E-state index is -0.221. The molecule has 0 bridgehead atoms. The fraction of sp³-hybridized carbons (Fsp3) is 0.250. The summed E-state index contributed by atoms with van der Waals surface area (Å²) in [5, 5.41) is 5.90. The van der Waals surface area contributed by atoms with Crippen LogP contribution >= 0.6 is 0 Å². The molecule has 2 aliphatic heterocycles. The molecule has 8 heteroatoms. The molecule has 2 aliphatic rings. The second-order valence-corrected chi connectivity index (χ2v) is 10.7. The molecule has 4 N–H and O–H groups in total. The van der Waals surface area contributed by atoms with Crippen LogP contribution in [0.25, 0.3) is 5.69 Å². The second-order valence-electron chi connectivity index (χ2n) is 10.7. The molecule has 2 amide bonds. The van der Waals surface area contributed by atoms with E-state index >= 15 is 0 Å². The number of aryl methyl sites for hydroxylation is 1. The molecule has 4 aromatic rings. The first-order valence-electron chi connectivity index (χ1n) is 13.7. The Morgan fingerprint density at radius 3 is 2.80 bits per heavy atom. The van der Waals surface area contributed by atoms with E-state index in [4.69, 9.17) is 10.5 Å². The predicted molar refractivity (Wildman–Crippen MR) is 155 cm³/mol. The second kappa shape index (κ2) is 11.0. The third-order valence-electron chi connectivity index (χ3n) is 7.42. The van der Waals surface area contributed by atoms with Gasteiger partial charge in [-0.2, -0.15) is 0 Å². The maximum absolute atomic E-state index is 13.4. The largest absolute Gasteiger partial charge is 0.457 e. The number of carbonyl (C=O) groups excluding carboxylic acids is 2.